The number of fused-ring (bicyclic) bond motifs is 1. The third-order valence-electron chi connectivity index (χ3n) is 7.30. The molecule has 1 aliphatic carbocycles. The van der Waals surface area contributed by atoms with E-state index in [2.05, 4.69) is 5.32 Å². The molecule has 2 atom stereocenters. The first-order valence-corrected chi connectivity index (χ1v) is 13.6. The van der Waals surface area contributed by atoms with Gasteiger partial charge in [-0.3, -0.25) is 14.5 Å². The Morgan fingerprint density at radius 1 is 1.12 bits per heavy atom. The molecular formula is C23H29N3O7S. The molecule has 10 nitrogen and oxygen atoms in total. The van der Waals surface area contributed by atoms with Gasteiger partial charge in [-0.05, 0) is 43.9 Å². The summed E-state index contributed by atoms with van der Waals surface area (Å²) in [7, 11) is -3.19. The van der Waals surface area contributed by atoms with Crippen molar-refractivity contribution in [2.45, 2.75) is 56.7 Å². The molecule has 2 saturated heterocycles. The number of hydrogen-bond donors (Lipinski definition) is 1. The monoisotopic (exact) mass is 491 g/mol. The summed E-state index contributed by atoms with van der Waals surface area (Å²) in [5, 5.41) is 2.72. The lowest BCUT2D eigenvalue weighted by atomic mass is 9.91. The molecule has 3 heterocycles. The highest BCUT2D eigenvalue weighted by Gasteiger charge is 2.51. The van der Waals surface area contributed by atoms with Crippen molar-refractivity contribution in [1.29, 1.82) is 0 Å². The minimum absolute atomic E-state index is 0.0550. The Balaban J connectivity index is 1.37. The van der Waals surface area contributed by atoms with Crippen LogP contribution in [0, 0.1) is 0 Å². The lowest BCUT2D eigenvalue weighted by Crippen LogP contribution is -2.51. The van der Waals surface area contributed by atoms with E-state index in [1.54, 1.807) is 30.0 Å². The molecule has 0 radical (unpaired) electrons. The highest BCUT2D eigenvalue weighted by Crippen LogP contribution is 2.37. The number of amides is 4. The molecule has 1 aromatic rings. The molecule has 2 unspecified atom stereocenters. The van der Waals surface area contributed by atoms with E-state index in [-0.39, 0.29) is 23.5 Å². The number of urea groups is 1. The fourth-order valence-electron chi connectivity index (χ4n) is 5.49. The van der Waals surface area contributed by atoms with Crippen LogP contribution in [-0.4, -0.2) is 79.4 Å². The molecule has 3 fully saturated rings. The fraction of sp³-hybridized carbons (Fsp3) is 0.609. The fourth-order valence-corrected chi connectivity index (χ4v) is 7.20. The van der Waals surface area contributed by atoms with Gasteiger partial charge in [0.2, 0.25) is 5.91 Å². The number of hydrogen-bond acceptors (Lipinski definition) is 7. The summed E-state index contributed by atoms with van der Waals surface area (Å²) in [5.41, 5.74) is -0.832. The second-order valence-electron chi connectivity index (χ2n) is 9.60. The van der Waals surface area contributed by atoms with Crippen LogP contribution in [0.3, 0.4) is 0 Å². The van der Waals surface area contributed by atoms with Gasteiger partial charge < -0.3 is 19.7 Å². The maximum Gasteiger partial charge on any atom is 0.325 e. The van der Waals surface area contributed by atoms with E-state index in [0.29, 0.717) is 36.7 Å². The minimum atomic E-state index is -3.19. The van der Waals surface area contributed by atoms with Crippen molar-refractivity contribution in [2.75, 3.05) is 31.3 Å². The number of rotatable bonds is 5. The second-order valence-corrected chi connectivity index (χ2v) is 11.8. The first-order chi connectivity index (χ1) is 16.2. The summed E-state index contributed by atoms with van der Waals surface area (Å²) in [6, 6.07) is 3.95. The van der Waals surface area contributed by atoms with E-state index in [9.17, 15) is 22.8 Å². The number of nitrogens with one attached hydrogen (secondary N) is 1. The van der Waals surface area contributed by atoms with E-state index < -0.39 is 39.9 Å². The van der Waals surface area contributed by atoms with Crippen LogP contribution < -0.4 is 14.8 Å². The van der Waals surface area contributed by atoms with Gasteiger partial charge in [0.15, 0.2) is 21.3 Å². The molecule has 1 N–H and O–H groups in total. The molecule has 4 aliphatic rings. The molecule has 0 aromatic heterocycles. The highest BCUT2D eigenvalue weighted by molar-refractivity contribution is 7.91. The molecule has 4 amide bonds. The maximum atomic E-state index is 13.4. The molecule has 11 heteroatoms. The summed E-state index contributed by atoms with van der Waals surface area (Å²) >= 11 is 0. The largest absolute Gasteiger partial charge is 0.486 e. The lowest BCUT2D eigenvalue weighted by Gasteiger charge is -2.35. The molecule has 0 bridgehead atoms. The lowest BCUT2D eigenvalue weighted by molar-refractivity contribution is -0.141. The molecule has 5 rings (SSSR count). The zero-order valence-electron chi connectivity index (χ0n) is 19.1. The Bertz CT molecular complexity index is 1130. The van der Waals surface area contributed by atoms with Crippen molar-refractivity contribution in [2.24, 2.45) is 0 Å². The Labute approximate surface area is 198 Å². The van der Waals surface area contributed by atoms with Gasteiger partial charge in [0, 0.05) is 12.1 Å². The number of carbonyl (C=O) groups excluding carboxylic acids is 3. The van der Waals surface area contributed by atoms with Gasteiger partial charge in [-0.2, -0.15) is 0 Å². The van der Waals surface area contributed by atoms with Gasteiger partial charge in [0.05, 0.1) is 11.5 Å². The molecule has 184 valence electrons. The predicted molar refractivity (Wildman–Crippen MR) is 121 cm³/mol. The van der Waals surface area contributed by atoms with Crippen molar-refractivity contribution in [3.05, 3.63) is 23.8 Å². The summed E-state index contributed by atoms with van der Waals surface area (Å²) in [5.74, 6) is 0.137. The normalized spacial score (nSPS) is 28.3. The summed E-state index contributed by atoms with van der Waals surface area (Å²) in [6.07, 6.45) is 3.94. The van der Waals surface area contributed by atoms with E-state index in [1.165, 1.54) is 0 Å². The average molecular weight is 492 g/mol. The van der Waals surface area contributed by atoms with Crippen molar-refractivity contribution in [3.8, 4) is 11.5 Å². The quantitative estimate of drug-likeness (QED) is 0.614. The van der Waals surface area contributed by atoms with E-state index in [0.717, 1.165) is 30.6 Å². The topological polar surface area (TPSA) is 122 Å². The smallest absolute Gasteiger partial charge is 0.325 e. The van der Waals surface area contributed by atoms with Crippen LogP contribution in [0.4, 0.5) is 4.79 Å². The summed E-state index contributed by atoms with van der Waals surface area (Å²) in [6.45, 7) is 2.01. The molecule has 0 spiro atoms. The van der Waals surface area contributed by atoms with Gasteiger partial charge in [-0.1, -0.05) is 18.9 Å². The molecular weight excluding hydrogens is 462 g/mol. The van der Waals surface area contributed by atoms with Crippen LogP contribution in [-0.2, 0) is 25.0 Å². The number of sulfone groups is 1. The summed E-state index contributed by atoms with van der Waals surface area (Å²) in [4.78, 5) is 42.3. The van der Waals surface area contributed by atoms with Crippen LogP contribution in [0.5, 0.6) is 11.5 Å². The Morgan fingerprint density at radius 3 is 2.50 bits per heavy atom. The van der Waals surface area contributed by atoms with Gasteiger partial charge >= 0.3 is 6.03 Å². The number of nitrogens with zero attached hydrogens (tertiary/aromatic N) is 2. The number of benzene rings is 1. The van der Waals surface area contributed by atoms with Gasteiger partial charge in [-0.15, -0.1) is 0 Å². The molecule has 1 aromatic carbocycles. The Kier molecular flexibility index (Phi) is 5.70. The first-order valence-electron chi connectivity index (χ1n) is 11.7. The van der Waals surface area contributed by atoms with Crippen molar-refractivity contribution >= 4 is 27.7 Å². The van der Waals surface area contributed by atoms with Crippen LogP contribution in [0.2, 0.25) is 0 Å². The van der Waals surface area contributed by atoms with Crippen LogP contribution in [0.15, 0.2) is 18.2 Å². The molecule has 3 aliphatic heterocycles. The van der Waals surface area contributed by atoms with Crippen LogP contribution >= 0.6 is 0 Å². The van der Waals surface area contributed by atoms with Gasteiger partial charge in [0.25, 0.3) is 5.91 Å². The zero-order valence-corrected chi connectivity index (χ0v) is 19.9. The van der Waals surface area contributed by atoms with Crippen molar-refractivity contribution in [1.82, 2.24) is 15.1 Å². The van der Waals surface area contributed by atoms with Crippen molar-refractivity contribution in [3.63, 3.8) is 0 Å². The SMILES string of the molecule is CC1(c2ccc3c(c2)OCCO3)NC(=O)N(CC(=O)N(C2CCCC2)C2CCS(=O)(=O)C2)C1=O. The number of ether oxygens (including phenoxy) is 2. The Morgan fingerprint density at radius 2 is 1.82 bits per heavy atom. The number of imide groups is 1. The van der Waals surface area contributed by atoms with Gasteiger partial charge in [-0.25, -0.2) is 13.2 Å². The highest BCUT2D eigenvalue weighted by atomic mass is 32.2. The van der Waals surface area contributed by atoms with E-state index in [1.807, 2.05) is 0 Å². The van der Waals surface area contributed by atoms with E-state index in [4.69, 9.17) is 9.47 Å². The molecule has 1 saturated carbocycles. The van der Waals surface area contributed by atoms with Crippen LogP contribution in [0.25, 0.3) is 0 Å². The standard InChI is InChI=1S/C23H29N3O7S/c1-23(15-6-7-18-19(12-15)33-10-9-32-18)21(28)25(22(29)24-23)13-20(27)26(16-4-2-3-5-16)17-8-11-34(30,31)14-17/h6-7,12,16-17H,2-5,8-11,13-14H2,1H3,(H,24,29). The molecule has 34 heavy (non-hydrogen) atoms. The van der Waals surface area contributed by atoms with Crippen LogP contribution in [0.1, 0.15) is 44.6 Å². The number of carbonyl (C=O) groups is 3. The zero-order chi connectivity index (χ0) is 24.1. The minimum Gasteiger partial charge on any atom is -0.486 e. The summed E-state index contributed by atoms with van der Waals surface area (Å²) < 4.78 is 35.3. The Hall–Kier alpha value is -2.82. The average Bonchev–Trinajstić information content (AvgIpc) is 3.50. The second kappa shape index (κ2) is 8.44. The first kappa shape index (κ1) is 22.9. The van der Waals surface area contributed by atoms with Crippen molar-refractivity contribution < 1.29 is 32.3 Å². The van der Waals surface area contributed by atoms with E-state index >= 15 is 0 Å². The third-order valence-corrected chi connectivity index (χ3v) is 9.05. The predicted octanol–water partition coefficient (Wildman–Crippen LogP) is 1.18. The van der Waals surface area contributed by atoms with Gasteiger partial charge in [0.1, 0.15) is 25.3 Å². The maximum absolute atomic E-state index is 13.4. The third kappa shape index (κ3) is 3.99.